The quantitative estimate of drug-likeness (QED) is 0.0532. The molecule has 0 aromatic heterocycles. The predicted octanol–water partition coefficient (Wildman–Crippen LogP) is 21.3. The minimum atomic E-state index is -9.22. The molecular weight excluding hydrogens is 1560 g/mol. The van der Waals surface area contributed by atoms with E-state index in [4.69, 9.17) is 0 Å². The molecule has 0 aliphatic heterocycles. The largest absolute Gasteiger partial charge is 0.460 e. The summed E-state index contributed by atoms with van der Waals surface area (Å²) in [6.45, 7) is 0. The van der Waals surface area contributed by atoms with E-state index in [1.807, 2.05) is 0 Å². The molecular formula is C39H20F51I. The van der Waals surface area contributed by atoms with Crippen molar-refractivity contribution >= 4 is 22.6 Å². The average molecular weight is 1580 g/mol. The standard InChI is InChI=1S/C39H20F51I/c40-16(41,19(46,47)22(52,53)25(58,59)28(64,65)31(70,71)34(76,77)37(82,83)84)7-1-4-12-10-13(5-2-8-17(42,43)20(48,49)23(54,55)26(60,61)29(66,67)32(72,73)35(78,79)38(85,86)87)15(91)14(11-12)6-3-9-18(44,45)21(50,51)24(56,57)27(62,63)30(68,69)33(74,75)36(80,81)39(88,89)90/h10-11H,1-9H2. The van der Waals surface area contributed by atoms with Gasteiger partial charge in [0.15, 0.2) is 0 Å². The smallest absolute Gasteiger partial charge is 0.200 e. The highest BCUT2D eigenvalue weighted by atomic mass is 127. The van der Waals surface area contributed by atoms with E-state index in [2.05, 4.69) is 0 Å². The lowest BCUT2D eigenvalue weighted by Crippen LogP contribution is -2.74. The maximum Gasteiger partial charge on any atom is 0.460 e. The molecule has 0 nitrogen and oxygen atoms in total. The van der Waals surface area contributed by atoms with E-state index in [0.29, 0.717) is 22.6 Å². The van der Waals surface area contributed by atoms with Crippen LogP contribution in [0.2, 0.25) is 0 Å². The van der Waals surface area contributed by atoms with Crippen molar-refractivity contribution in [2.24, 2.45) is 0 Å². The molecule has 0 amide bonds. The van der Waals surface area contributed by atoms with E-state index in [-0.39, 0.29) is 12.1 Å². The predicted molar refractivity (Wildman–Crippen MR) is 200 cm³/mol. The minimum Gasteiger partial charge on any atom is -0.200 e. The van der Waals surface area contributed by atoms with E-state index in [9.17, 15) is 224 Å². The molecule has 1 aromatic rings. The highest BCUT2D eigenvalue weighted by Crippen LogP contribution is 2.68. The van der Waals surface area contributed by atoms with E-state index in [0.717, 1.165) is 0 Å². The number of alkyl halides is 51. The number of halogens is 52. The summed E-state index contributed by atoms with van der Waals surface area (Å²) in [6.07, 6.45) is -48.4. The molecule has 0 spiro atoms. The van der Waals surface area contributed by atoms with Gasteiger partial charge in [0.05, 0.1) is 0 Å². The maximum absolute atomic E-state index is 14.7. The Bertz CT molecular complexity index is 2550. The molecule has 0 aliphatic rings. The molecule has 0 bridgehead atoms. The molecule has 0 saturated heterocycles. The van der Waals surface area contributed by atoms with Crippen molar-refractivity contribution in [3.63, 3.8) is 0 Å². The number of hydrogen-bond donors (Lipinski definition) is 0. The van der Waals surface area contributed by atoms with Gasteiger partial charge in [0, 0.05) is 22.8 Å². The van der Waals surface area contributed by atoms with Crippen molar-refractivity contribution in [1.29, 1.82) is 0 Å². The molecule has 0 N–H and O–H groups in total. The third-order valence-corrected chi connectivity index (χ3v) is 13.9. The Hall–Kier alpha value is -3.62. The van der Waals surface area contributed by atoms with Crippen LogP contribution in [0, 0.1) is 3.57 Å². The Morgan fingerprint density at radius 3 is 0.505 bits per heavy atom. The lowest BCUT2D eigenvalue weighted by atomic mass is 9.87. The summed E-state index contributed by atoms with van der Waals surface area (Å²) in [7, 11) is 0. The summed E-state index contributed by atoms with van der Waals surface area (Å²) < 4.78 is 700. The molecule has 0 aliphatic carbocycles. The fourth-order valence-electron chi connectivity index (χ4n) is 6.91. The zero-order valence-electron chi connectivity index (χ0n) is 41.2. The van der Waals surface area contributed by atoms with Gasteiger partial charge in [0.2, 0.25) is 0 Å². The van der Waals surface area contributed by atoms with Crippen molar-refractivity contribution in [2.75, 3.05) is 0 Å². The Kier molecular flexibility index (Phi) is 22.1. The Morgan fingerprint density at radius 2 is 0.341 bits per heavy atom. The lowest BCUT2D eigenvalue weighted by Gasteiger charge is -2.42. The van der Waals surface area contributed by atoms with Crippen LogP contribution in [0.5, 0.6) is 0 Å². The van der Waals surface area contributed by atoms with Gasteiger partial charge in [-0.05, 0) is 77.8 Å². The zero-order valence-corrected chi connectivity index (χ0v) is 43.3. The van der Waals surface area contributed by atoms with Crippen molar-refractivity contribution in [3.05, 3.63) is 32.4 Å². The van der Waals surface area contributed by atoms with E-state index < -0.39 is 221 Å². The molecule has 0 heterocycles. The van der Waals surface area contributed by atoms with Gasteiger partial charge in [-0.3, -0.25) is 0 Å². The SMILES string of the molecule is FC(F)(F)C(F)(F)C(F)(F)C(F)(F)C(F)(F)C(F)(F)C(F)(F)C(F)(F)CCCc1cc(CCCC(F)(F)C(F)(F)C(F)(F)C(F)(F)C(F)(F)C(F)(F)C(F)(F)C(F)(F)F)c(I)c(CCCC(F)(F)C(F)(F)C(F)(F)C(F)(F)C(F)(F)C(F)(F)C(F)(F)C(F)(F)F)c1. The Labute approximate surface area is 479 Å². The Morgan fingerprint density at radius 1 is 0.198 bits per heavy atom. The van der Waals surface area contributed by atoms with E-state index in [1.54, 1.807) is 0 Å². The van der Waals surface area contributed by atoms with Crippen molar-refractivity contribution in [2.45, 2.75) is 201 Å². The molecule has 0 fully saturated rings. The highest BCUT2D eigenvalue weighted by Gasteiger charge is 2.98. The second-order valence-electron chi connectivity index (χ2n) is 18.7. The van der Waals surface area contributed by atoms with E-state index in [1.165, 1.54) is 0 Å². The van der Waals surface area contributed by atoms with Gasteiger partial charge in [0.1, 0.15) is 0 Å². The first-order chi connectivity index (χ1) is 38.9. The van der Waals surface area contributed by atoms with Gasteiger partial charge < -0.3 is 0 Å². The number of benzene rings is 1. The average Bonchev–Trinajstić information content (AvgIpc) is 0.712. The van der Waals surface area contributed by atoms with Crippen molar-refractivity contribution in [3.8, 4) is 0 Å². The molecule has 0 radical (unpaired) electrons. The third kappa shape index (κ3) is 12.4. The first-order valence-corrected chi connectivity index (χ1v) is 22.9. The van der Waals surface area contributed by atoms with Crippen LogP contribution in [-0.4, -0.2) is 143 Å². The summed E-state index contributed by atoms with van der Waals surface area (Å²) in [5.74, 6) is -183. The van der Waals surface area contributed by atoms with Gasteiger partial charge in [-0.15, -0.1) is 0 Å². The second-order valence-corrected chi connectivity index (χ2v) is 19.8. The van der Waals surface area contributed by atoms with Crippen LogP contribution in [0.1, 0.15) is 55.2 Å². The molecule has 1 aromatic carbocycles. The zero-order chi connectivity index (χ0) is 74.1. The van der Waals surface area contributed by atoms with E-state index >= 15 is 0 Å². The van der Waals surface area contributed by atoms with Crippen molar-refractivity contribution < 1.29 is 224 Å². The number of rotatable bonds is 30. The van der Waals surface area contributed by atoms with Crippen LogP contribution in [0.15, 0.2) is 12.1 Å². The molecule has 0 saturated carbocycles. The van der Waals surface area contributed by atoms with Gasteiger partial charge in [-0.2, -0.15) is 224 Å². The van der Waals surface area contributed by atoms with Crippen LogP contribution in [0.3, 0.4) is 0 Å². The summed E-state index contributed by atoms with van der Waals surface area (Å²) in [4.78, 5) is 0. The first-order valence-electron chi connectivity index (χ1n) is 21.9. The van der Waals surface area contributed by atoms with Crippen LogP contribution in [0.25, 0.3) is 0 Å². The minimum absolute atomic E-state index is 0.111. The van der Waals surface area contributed by atoms with Crippen LogP contribution >= 0.6 is 22.6 Å². The molecule has 1 rings (SSSR count). The van der Waals surface area contributed by atoms with Gasteiger partial charge >= 0.3 is 143 Å². The highest BCUT2D eigenvalue weighted by molar-refractivity contribution is 14.1. The first kappa shape index (κ1) is 85.4. The molecule has 0 atom stereocenters. The van der Waals surface area contributed by atoms with Crippen LogP contribution < -0.4 is 0 Å². The Balaban J connectivity index is 4.09. The molecule has 540 valence electrons. The summed E-state index contributed by atoms with van der Waals surface area (Å²) in [5, 5.41) is 0. The van der Waals surface area contributed by atoms with Gasteiger partial charge in [-0.1, -0.05) is 12.1 Å². The second kappa shape index (κ2) is 23.6. The summed E-state index contributed by atoms with van der Waals surface area (Å²) in [5.41, 5.74) is -4.34. The normalized spacial score (nSPS) is 16.5. The fourth-order valence-corrected chi connectivity index (χ4v) is 7.76. The van der Waals surface area contributed by atoms with Crippen LogP contribution in [-0.2, 0) is 19.3 Å². The molecule has 91 heavy (non-hydrogen) atoms. The summed E-state index contributed by atoms with van der Waals surface area (Å²) >= 11 is 0.513. The lowest BCUT2D eigenvalue weighted by molar-refractivity contribution is -0.461. The molecule has 52 heteroatoms. The maximum atomic E-state index is 14.7. The monoisotopic (exact) mass is 1580 g/mol. The van der Waals surface area contributed by atoms with Crippen LogP contribution in [0.4, 0.5) is 224 Å². The fraction of sp³-hybridized carbons (Fsp3) is 0.846. The van der Waals surface area contributed by atoms with Gasteiger partial charge in [-0.25, -0.2) is 0 Å². The van der Waals surface area contributed by atoms with Crippen molar-refractivity contribution in [1.82, 2.24) is 0 Å². The topological polar surface area (TPSA) is 0 Å². The third-order valence-electron chi connectivity index (χ3n) is 12.5. The molecule has 0 unspecified atom stereocenters. The van der Waals surface area contributed by atoms with Gasteiger partial charge in [0.25, 0.3) is 0 Å². The number of aryl methyl sites for hydroxylation is 3. The summed E-state index contributed by atoms with van der Waals surface area (Å²) in [6, 6.07) is -0.222. The number of hydrogen-bond acceptors (Lipinski definition) is 0.